The summed E-state index contributed by atoms with van der Waals surface area (Å²) in [5, 5.41) is 2.85. The fourth-order valence-electron chi connectivity index (χ4n) is 2.33. The van der Waals surface area contributed by atoms with Crippen LogP contribution >= 0.6 is 15.9 Å². The highest BCUT2D eigenvalue weighted by molar-refractivity contribution is 9.10. The molecule has 0 heterocycles. The van der Waals surface area contributed by atoms with Crippen molar-refractivity contribution < 1.29 is 14.1 Å². The molecule has 0 saturated carbocycles. The topological polar surface area (TPSA) is 33.5 Å². The molecule has 0 saturated heterocycles. The lowest BCUT2D eigenvalue weighted by Gasteiger charge is -2.12. The van der Waals surface area contributed by atoms with Crippen molar-refractivity contribution in [1.29, 1.82) is 0 Å². The number of benzene rings is 2. The van der Waals surface area contributed by atoms with Crippen LogP contribution in [0.1, 0.15) is 16.7 Å². The molecular formula is C19H21BrFN2O+. The Labute approximate surface area is 150 Å². The van der Waals surface area contributed by atoms with Gasteiger partial charge in [-0.05, 0) is 29.8 Å². The van der Waals surface area contributed by atoms with Crippen molar-refractivity contribution >= 4 is 27.9 Å². The number of hydrogen-bond acceptors (Lipinski definition) is 1. The highest BCUT2D eigenvalue weighted by Gasteiger charge is 2.06. The molecule has 1 amide bonds. The van der Waals surface area contributed by atoms with Crippen LogP contribution in [0.2, 0.25) is 0 Å². The van der Waals surface area contributed by atoms with E-state index in [1.165, 1.54) is 28.7 Å². The van der Waals surface area contributed by atoms with Crippen molar-refractivity contribution in [2.24, 2.45) is 0 Å². The Bertz CT molecular complexity index is 744. The Morgan fingerprint density at radius 3 is 2.62 bits per heavy atom. The summed E-state index contributed by atoms with van der Waals surface area (Å²) in [5.41, 5.74) is 2.67. The number of rotatable bonds is 6. The first-order valence-electron chi connectivity index (χ1n) is 7.72. The van der Waals surface area contributed by atoms with Crippen LogP contribution in [0.25, 0.3) is 6.08 Å². The first kappa shape index (κ1) is 18.4. The molecule has 5 heteroatoms. The maximum absolute atomic E-state index is 13.6. The highest BCUT2D eigenvalue weighted by atomic mass is 79.9. The monoisotopic (exact) mass is 391 g/mol. The quantitative estimate of drug-likeness (QED) is 0.728. The van der Waals surface area contributed by atoms with Gasteiger partial charge in [-0.15, -0.1) is 0 Å². The fourth-order valence-corrected chi connectivity index (χ4v) is 2.71. The second-order valence-electron chi connectivity index (χ2n) is 5.87. The molecule has 3 nitrogen and oxygen atoms in total. The summed E-state index contributed by atoms with van der Waals surface area (Å²) >= 11 is 3.29. The molecule has 2 aromatic rings. The standard InChI is InChI=1S/C19H20BrFN2O/c1-23(2)13-16-6-4-3-5-15(16)12-22-19(24)10-7-14-11-17(20)8-9-18(14)21/h3-11H,12-13H2,1-2H3,(H,22,24)/p+1/b10-7+. The van der Waals surface area contributed by atoms with Gasteiger partial charge in [-0.2, -0.15) is 0 Å². The molecule has 0 fully saturated rings. The number of carbonyl (C=O) groups excluding carboxylic acids is 1. The first-order valence-corrected chi connectivity index (χ1v) is 8.52. The van der Waals surface area contributed by atoms with Crippen LogP contribution in [0.15, 0.2) is 53.0 Å². The van der Waals surface area contributed by atoms with E-state index >= 15 is 0 Å². The van der Waals surface area contributed by atoms with E-state index in [9.17, 15) is 9.18 Å². The molecule has 0 aliphatic heterocycles. The molecule has 126 valence electrons. The summed E-state index contributed by atoms with van der Waals surface area (Å²) in [7, 11) is 4.18. The van der Waals surface area contributed by atoms with E-state index in [0.29, 0.717) is 12.1 Å². The van der Waals surface area contributed by atoms with Crippen LogP contribution < -0.4 is 10.2 Å². The van der Waals surface area contributed by atoms with E-state index in [1.54, 1.807) is 12.1 Å². The molecule has 2 aromatic carbocycles. The third kappa shape index (κ3) is 5.58. The largest absolute Gasteiger partial charge is 0.348 e. The number of halogens is 2. The lowest BCUT2D eigenvalue weighted by molar-refractivity contribution is -0.872. The van der Waals surface area contributed by atoms with Crippen LogP contribution in [0.4, 0.5) is 4.39 Å². The molecule has 0 atom stereocenters. The van der Waals surface area contributed by atoms with Crippen molar-refractivity contribution in [1.82, 2.24) is 5.32 Å². The second-order valence-corrected chi connectivity index (χ2v) is 6.79. The van der Waals surface area contributed by atoms with Crippen LogP contribution in [0.3, 0.4) is 0 Å². The van der Waals surface area contributed by atoms with E-state index in [1.807, 2.05) is 18.2 Å². The predicted molar refractivity (Wildman–Crippen MR) is 97.9 cm³/mol. The average Bonchev–Trinajstić information content (AvgIpc) is 2.54. The summed E-state index contributed by atoms with van der Waals surface area (Å²) in [6.45, 7) is 1.35. The lowest BCUT2D eigenvalue weighted by Crippen LogP contribution is -3.04. The zero-order chi connectivity index (χ0) is 17.5. The molecule has 2 rings (SSSR count). The normalized spacial score (nSPS) is 11.2. The smallest absolute Gasteiger partial charge is 0.244 e. The Hall–Kier alpha value is -1.98. The van der Waals surface area contributed by atoms with Gasteiger partial charge in [0, 0.05) is 28.2 Å². The average molecular weight is 392 g/mol. The number of amides is 1. The summed E-state index contributed by atoms with van der Waals surface area (Å²) in [6, 6.07) is 12.7. The van der Waals surface area contributed by atoms with Gasteiger partial charge in [0.25, 0.3) is 0 Å². The van der Waals surface area contributed by atoms with Crippen LogP contribution in [-0.4, -0.2) is 20.0 Å². The number of carbonyl (C=O) groups is 1. The molecule has 0 radical (unpaired) electrons. The van der Waals surface area contributed by atoms with Gasteiger partial charge in [-0.25, -0.2) is 4.39 Å². The third-order valence-corrected chi connectivity index (χ3v) is 3.98. The highest BCUT2D eigenvalue weighted by Crippen LogP contribution is 2.16. The Balaban J connectivity index is 1.99. The molecular weight excluding hydrogens is 371 g/mol. The van der Waals surface area contributed by atoms with Crippen molar-refractivity contribution in [3.05, 3.63) is 75.5 Å². The van der Waals surface area contributed by atoms with Crippen LogP contribution in [0, 0.1) is 5.82 Å². The van der Waals surface area contributed by atoms with Gasteiger partial charge in [-0.3, -0.25) is 4.79 Å². The van der Waals surface area contributed by atoms with Gasteiger partial charge in [0.05, 0.1) is 14.1 Å². The zero-order valence-corrected chi connectivity index (χ0v) is 15.4. The van der Waals surface area contributed by atoms with E-state index < -0.39 is 0 Å². The van der Waals surface area contributed by atoms with Crippen molar-refractivity contribution in [3.63, 3.8) is 0 Å². The van der Waals surface area contributed by atoms with E-state index in [-0.39, 0.29) is 11.7 Å². The molecule has 24 heavy (non-hydrogen) atoms. The number of hydrogen-bond donors (Lipinski definition) is 2. The van der Waals surface area contributed by atoms with E-state index in [2.05, 4.69) is 41.4 Å². The van der Waals surface area contributed by atoms with Crippen molar-refractivity contribution in [2.45, 2.75) is 13.1 Å². The van der Waals surface area contributed by atoms with Gasteiger partial charge in [0.2, 0.25) is 5.91 Å². The minimum atomic E-state index is -0.360. The summed E-state index contributed by atoms with van der Waals surface area (Å²) in [6.07, 6.45) is 2.83. The molecule has 0 bridgehead atoms. The molecule has 0 aromatic heterocycles. The van der Waals surface area contributed by atoms with Gasteiger partial charge in [-0.1, -0.05) is 40.2 Å². The van der Waals surface area contributed by atoms with Gasteiger partial charge in [0.1, 0.15) is 12.4 Å². The fraction of sp³-hybridized carbons (Fsp3) is 0.211. The Kier molecular flexibility index (Phi) is 6.70. The molecule has 0 aliphatic rings. The number of nitrogens with one attached hydrogen (secondary N) is 2. The predicted octanol–water partition coefficient (Wildman–Crippen LogP) is 2.56. The van der Waals surface area contributed by atoms with Gasteiger partial charge < -0.3 is 10.2 Å². The lowest BCUT2D eigenvalue weighted by atomic mass is 10.1. The van der Waals surface area contributed by atoms with Crippen molar-refractivity contribution in [3.8, 4) is 0 Å². The van der Waals surface area contributed by atoms with Crippen molar-refractivity contribution in [2.75, 3.05) is 14.1 Å². The van der Waals surface area contributed by atoms with Crippen LogP contribution in [-0.2, 0) is 17.9 Å². The van der Waals surface area contributed by atoms with Gasteiger partial charge >= 0.3 is 0 Å². The summed E-state index contributed by atoms with van der Waals surface area (Å²) in [5.74, 6) is -0.608. The Morgan fingerprint density at radius 2 is 1.92 bits per heavy atom. The Morgan fingerprint density at radius 1 is 1.21 bits per heavy atom. The van der Waals surface area contributed by atoms with Gasteiger partial charge in [0.15, 0.2) is 0 Å². The maximum Gasteiger partial charge on any atom is 0.244 e. The van der Waals surface area contributed by atoms with Crippen LogP contribution in [0.5, 0.6) is 0 Å². The third-order valence-electron chi connectivity index (χ3n) is 3.49. The first-order chi connectivity index (χ1) is 11.5. The zero-order valence-electron chi connectivity index (χ0n) is 13.8. The van der Waals surface area contributed by atoms with E-state index in [0.717, 1.165) is 16.6 Å². The van der Waals surface area contributed by atoms with E-state index in [4.69, 9.17) is 0 Å². The minimum Gasteiger partial charge on any atom is -0.348 e. The SMILES string of the molecule is C[NH+](C)Cc1ccccc1CNC(=O)/C=C/c1cc(Br)ccc1F. The summed E-state index contributed by atoms with van der Waals surface area (Å²) in [4.78, 5) is 13.3. The second kappa shape index (κ2) is 8.76. The maximum atomic E-state index is 13.6. The molecule has 0 unspecified atom stereocenters. The summed E-state index contributed by atoms with van der Waals surface area (Å²) < 4.78 is 14.4. The molecule has 0 spiro atoms. The molecule has 2 N–H and O–H groups in total. The minimum absolute atomic E-state index is 0.249. The molecule has 0 aliphatic carbocycles. The number of quaternary nitrogens is 1.